The van der Waals surface area contributed by atoms with Gasteiger partial charge in [-0.15, -0.1) is 0 Å². The van der Waals surface area contributed by atoms with Gasteiger partial charge in [-0.3, -0.25) is 24.8 Å². The number of nitrogens with zero attached hydrogens (tertiary/aromatic N) is 6. The molecule has 1 unspecified atom stereocenters. The number of carbonyl (C=O) groups is 2. The number of aromatic amines is 1. The Kier molecular flexibility index (Phi) is 8.33. The second kappa shape index (κ2) is 12.9. The largest absolute Gasteiger partial charge is 0.384 e. The Labute approximate surface area is 270 Å². The van der Waals surface area contributed by atoms with Gasteiger partial charge in [-0.2, -0.15) is 5.10 Å². The summed E-state index contributed by atoms with van der Waals surface area (Å²) < 4.78 is 0. The molecule has 13 nitrogen and oxygen atoms in total. The van der Waals surface area contributed by atoms with Crippen molar-refractivity contribution in [3.8, 4) is 22.6 Å². The molecule has 0 radical (unpaired) electrons. The second-order valence-corrected chi connectivity index (χ2v) is 12.2. The highest BCUT2D eigenvalue weighted by molar-refractivity contribution is 6.01. The van der Waals surface area contributed by atoms with Gasteiger partial charge in [0.15, 0.2) is 11.4 Å². The van der Waals surface area contributed by atoms with E-state index in [-0.39, 0.29) is 25.4 Å². The predicted molar refractivity (Wildman–Crippen MR) is 176 cm³/mol. The highest BCUT2D eigenvalue weighted by Gasteiger charge is 2.47. The van der Waals surface area contributed by atoms with Gasteiger partial charge >= 0.3 is 0 Å². The molecule has 13 heteroatoms. The minimum absolute atomic E-state index is 0.00357. The van der Waals surface area contributed by atoms with Gasteiger partial charge < -0.3 is 16.0 Å². The lowest BCUT2D eigenvalue weighted by Crippen LogP contribution is -2.49. The number of nitrogens with one attached hydrogen (secondary N) is 2. The fourth-order valence-electron chi connectivity index (χ4n) is 6.55. The third-order valence-corrected chi connectivity index (χ3v) is 9.19. The Balaban J connectivity index is 0.941. The van der Waals surface area contributed by atoms with Gasteiger partial charge in [0, 0.05) is 73.4 Å². The molecule has 0 bridgehead atoms. The number of benzene rings is 2. The van der Waals surface area contributed by atoms with Gasteiger partial charge in [0.2, 0.25) is 5.91 Å². The number of piperidine rings is 1. The number of pyridine rings is 1. The molecular weight excluding hydrogens is 598 g/mol. The molecule has 47 heavy (non-hydrogen) atoms. The summed E-state index contributed by atoms with van der Waals surface area (Å²) in [5.41, 5.74) is 9.34. The van der Waals surface area contributed by atoms with Crippen molar-refractivity contribution in [2.75, 3.05) is 43.8 Å². The van der Waals surface area contributed by atoms with Crippen LogP contribution in [-0.4, -0.2) is 90.3 Å². The number of amides is 2. The zero-order valence-electron chi connectivity index (χ0n) is 25.7. The SMILES string of the molecule is Nc1cc(-c2n[nH]c3ccc(NC(=O)C4(OO)CCN(CC(=O)N5CCC(c6ccc(-c7ncccn7)cc6)CC5)C4)cc23)ccn1. The summed E-state index contributed by atoms with van der Waals surface area (Å²) in [6.45, 7) is 1.99. The molecule has 2 saturated heterocycles. The third kappa shape index (κ3) is 6.28. The molecule has 5 heterocycles. The van der Waals surface area contributed by atoms with Crippen molar-refractivity contribution >= 4 is 34.2 Å². The molecule has 240 valence electrons. The van der Waals surface area contributed by atoms with Crippen LogP contribution in [0.5, 0.6) is 0 Å². The van der Waals surface area contributed by atoms with Crippen molar-refractivity contribution in [1.29, 1.82) is 0 Å². The van der Waals surface area contributed by atoms with E-state index < -0.39 is 11.5 Å². The summed E-state index contributed by atoms with van der Waals surface area (Å²) in [5.74, 6) is 0.963. The Morgan fingerprint density at radius 1 is 0.979 bits per heavy atom. The summed E-state index contributed by atoms with van der Waals surface area (Å²) in [5, 5.41) is 21.0. The van der Waals surface area contributed by atoms with Crippen LogP contribution >= 0.6 is 0 Å². The number of aromatic nitrogens is 5. The molecule has 3 aromatic heterocycles. The maximum Gasteiger partial charge on any atom is 0.261 e. The van der Waals surface area contributed by atoms with Crippen LogP contribution in [-0.2, 0) is 14.5 Å². The molecule has 0 spiro atoms. The molecule has 2 amide bonds. The van der Waals surface area contributed by atoms with Crippen LogP contribution < -0.4 is 11.1 Å². The lowest BCUT2D eigenvalue weighted by molar-refractivity contribution is -0.306. The summed E-state index contributed by atoms with van der Waals surface area (Å²) >= 11 is 0. The van der Waals surface area contributed by atoms with Crippen LogP contribution in [0.1, 0.15) is 30.7 Å². The van der Waals surface area contributed by atoms with E-state index in [4.69, 9.17) is 10.6 Å². The first-order valence-corrected chi connectivity index (χ1v) is 15.6. The summed E-state index contributed by atoms with van der Waals surface area (Å²) in [7, 11) is 0. The van der Waals surface area contributed by atoms with Crippen molar-refractivity contribution in [3.63, 3.8) is 0 Å². The molecule has 1 atom stereocenters. The fourth-order valence-corrected chi connectivity index (χ4v) is 6.55. The van der Waals surface area contributed by atoms with E-state index in [9.17, 15) is 14.8 Å². The van der Waals surface area contributed by atoms with Crippen LogP contribution in [0.15, 0.2) is 79.3 Å². The maximum absolute atomic E-state index is 13.5. The van der Waals surface area contributed by atoms with Gasteiger partial charge in [-0.05, 0) is 60.7 Å². The number of hydrogen-bond donors (Lipinski definition) is 4. The molecule has 0 saturated carbocycles. The lowest BCUT2D eigenvalue weighted by Gasteiger charge is -2.33. The minimum Gasteiger partial charge on any atom is -0.384 e. The molecule has 0 aliphatic carbocycles. The van der Waals surface area contributed by atoms with Crippen molar-refractivity contribution in [1.82, 2.24) is 34.9 Å². The van der Waals surface area contributed by atoms with E-state index in [0.29, 0.717) is 48.6 Å². The number of fused-ring (bicyclic) bond motifs is 1. The second-order valence-electron chi connectivity index (χ2n) is 12.2. The quantitative estimate of drug-likeness (QED) is 0.145. The number of anilines is 2. The van der Waals surface area contributed by atoms with E-state index in [1.807, 2.05) is 34.1 Å². The number of likely N-dealkylation sites (tertiary alicyclic amines) is 2. The van der Waals surface area contributed by atoms with Crippen molar-refractivity contribution < 1.29 is 19.7 Å². The first kappa shape index (κ1) is 30.4. The highest BCUT2D eigenvalue weighted by Crippen LogP contribution is 2.32. The van der Waals surface area contributed by atoms with Crippen LogP contribution in [0.25, 0.3) is 33.5 Å². The molecule has 2 aromatic carbocycles. The number of H-pyrrole nitrogens is 1. The van der Waals surface area contributed by atoms with E-state index in [2.05, 4.69) is 42.6 Å². The highest BCUT2D eigenvalue weighted by atomic mass is 17.1. The Hall–Kier alpha value is -5.24. The van der Waals surface area contributed by atoms with Crippen LogP contribution in [0.4, 0.5) is 11.5 Å². The van der Waals surface area contributed by atoms with Gasteiger partial charge in [0.05, 0.1) is 12.1 Å². The number of carbonyl (C=O) groups excluding carboxylic acids is 2. The van der Waals surface area contributed by atoms with Crippen LogP contribution in [0.3, 0.4) is 0 Å². The smallest absolute Gasteiger partial charge is 0.261 e. The number of nitrogen functional groups attached to an aromatic ring is 1. The number of nitrogens with two attached hydrogens (primary N) is 1. The molecule has 7 rings (SSSR count). The molecule has 5 aromatic rings. The van der Waals surface area contributed by atoms with Crippen LogP contribution in [0, 0.1) is 0 Å². The first-order chi connectivity index (χ1) is 22.9. The Morgan fingerprint density at radius 2 is 1.77 bits per heavy atom. The van der Waals surface area contributed by atoms with Crippen LogP contribution in [0.2, 0.25) is 0 Å². The maximum atomic E-state index is 13.5. The monoisotopic (exact) mass is 633 g/mol. The third-order valence-electron chi connectivity index (χ3n) is 9.19. The normalized spacial score (nSPS) is 18.9. The lowest BCUT2D eigenvalue weighted by atomic mass is 9.89. The molecule has 2 aliphatic heterocycles. The Morgan fingerprint density at radius 3 is 2.51 bits per heavy atom. The zero-order valence-corrected chi connectivity index (χ0v) is 25.7. The fraction of sp³-hybridized carbons (Fsp3) is 0.294. The van der Waals surface area contributed by atoms with Crippen molar-refractivity contribution in [3.05, 3.63) is 84.8 Å². The number of rotatable bonds is 8. The summed E-state index contributed by atoms with van der Waals surface area (Å²) in [4.78, 5) is 48.0. The van der Waals surface area contributed by atoms with Crippen molar-refractivity contribution in [2.24, 2.45) is 0 Å². The first-order valence-electron chi connectivity index (χ1n) is 15.6. The van der Waals surface area contributed by atoms with E-state index in [1.165, 1.54) is 5.56 Å². The molecule has 2 aliphatic rings. The van der Waals surface area contributed by atoms with E-state index in [1.54, 1.807) is 42.9 Å². The van der Waals surface area contributed by atoms with Gasteiger partial charge in [0.25, 0.3) is 5.91 Å². The molecule has 2 fully saturated rings. The van der Waals surface area contributed by atoms with Gasteiger partial charge in [-0.1, -0.05) is 24.3 Å². The van der Waals surface area contributed by atoms with Gasteiger partial charge in [-0.25, -0.2) is 19.8 Å². The predicted octanol–water partition coefficient (Wildman–Crippen LogP) is 3.94. The van der Waals surface area contributed by atoms with E-state index in [0.717, 1.165) is 34.9 Å². The molecule has 5 N–H and O–H groups in total. The minimum atomic E-state index is -1.50. The van der Waals surface area contributed by atoms with Crippen molar-refractivity contribution in [2.45, 2.75) is 30.8 Å². The van der Waals surface area contributed by atoms with E-state index >= 15 is 0 Å². The summed E-state index contributed by atoms with van der Waals surface area (Å²) in [6, 6.07) is 19.1. The molecular formula is C34H35N9O4. The Bertz CT molecular complexity index is 1890. The average molecular weight is 634 g/mol. The number of hydrogen-bond acceptors (Lipinski definition) is 10. The standard InChI is InChI=1S/C34H35N9O4/c35-29-18-25(8-14-36-29)31-27-19-26(6-7-28(27)40-41-31)39-33(45)34(47-46)11-17-42(21-34)20-30(44)43-15-9-23(10-16-43)22-2-4-24(5-3-22)32-37-12-1-13-38-32/h1-8,12-14,18-19,23,46H,9-11,15-17,20-21H2,(H2,35,36)(H,39,45)(H,40,41). The van der Waals surface area contributed by atoms with Gasteiger partial charge in [0.1, 0.15) is 11.5 Å². The topological polar surface area (TPSA) is 175 Å². The summed E-state index contributed by atoms with van der Waals surface area (Å²) in [6.07, 6.45) is 7.06. The average Bonchev–Trinajstić information content (AvgIpc) is 3.73. The zero-order chi connectivity index (χ0) is 32.4.